The highest BCUT2D eigenvalue weighted by Crippen LogP contribution is 2.29. The number of methoxy groups -OCH3 is 3. The highest BCUT2D eigenvalue weighted by atomic mass is 16.6. The van der Waals surface area contributed by atoms with Gasteiger partial charge in [-0.3, -0.25) is 4.79 Å². The van der Waals surface area contributed by atoms with Crippen LogP contribution in [0, 0.1) is 5.92 Å². The molecule has 1 unspecified atom stereocenters. The summed E-state index contributed by atoms with van der Waals surface area (Å²) in [6.45, 7) is 3.58. The second-order valence-electron chi connectivity index (χ2n) is 6.70. The molecule has 0 bridgehead atoms. The van der Waals surface area contributed by atoms with Gasteiger partial charge in [-0.1, -0.05) is 13.8 Å². The molecule has 2 aromatic rings. The van der Waals surface area contributed by atoms with Crippen LogP contribution in [0.5, 0.6) is 17.2 Å². The van der Waals surface area contributed by atoms with Crippen molar-refractivity contribution in [2.45, 2.75) is 19.9 Å². The first kappa shape index (κ1) is 22.7. The maximum Gasteiger partial charge on any atom is 0.337 e. The van der Waals surface area contributed by atoms with Gasteiger partial charge in [0, 0.05) is 5.56 Å². The Labute approximate surface area is 175 Å². The summed E-state index contributed by atoms with van der Waals surface area (Å²) in [5.74, 6) is -0.918. The molecule has 8 heteroatoms. The fourth-order valence-electron chi connectivity index (χ4n) is 2.63. The first-order chi connectivity index (χ1) is 14.3. The number of carbonyl (C=O) groups is 3. The van der Waals surface area contributed by atoms with Gasteiger partial charge in [0.1, 0.15) is 11.8 Å². The van der Waals surface area contributed by atoms with Crippen LogP contribution in [0.1, 0.15) is 34.6 Å². The van der Waals surface area contributed by atoms with Crippen molar-refractivity contribution in [3.8, 4) is 17.2 Å². The minimum atomic E-state index is -0.899. The third kappa shape index (κ3) is 5.50. The van der Waals surface area contributed by atoms with E-state index in [2.05, 4.69) is 10.1 Å². The molecule has 30 heavy (non-hydrogen) atoms. The predicted molar refractivity (Wildman–Crippen MR) is 109 cm³/mol. The van der Waals surface area contributed by atoms with Crippen LogP contribution in [-0.2, 0) is 9.53 Å². The third-order valence-corrected chi connectivity index (χ3v) is 4.35. The molecular weight excluding hydrogens is 390 g/mol. The van der Waals surface area contributed by atoms with Crippen LogP contribution in [0.3, 0.4) is 0 Å². The molecule has 0 aromatic heterocycles. The molecule has 2 aromatic carbocycles. The number of carbonyl (C=O) groups excluding carboxylic acids is 3. The zero-order valence-electron chi connectivity index (χ0n) is 17.6. The van der Waals surface area contributed by atoms with Crippen LogP contribution in [0.15, 0.2) is 42.5 Å². The molecule has 0 fully saturated rings. The van der Waals surface area contributed by atoms with E-state index in [1.807, 2.05) is 0 Å². The summed E-state index contributed by atoms with van der Waals surface area (Å²) in [4.78, 5) is 37.0. The molecule has 1 atom stereocenters. The highest BCUT2D eigenvalue weighted by Gasteiger charge is 2.28. The predicted octanol–water partition coefficient (Wildman–Crippen LogP) is 2.85. The van der Waals surface area contributed by atoms with Gasteiger partial charge in [-0.05, 0) is 48.4 Å². The summed E-state index contributed by atoms with van der Waals surface area (Å²) < 4.78 is 20.4. The number of amides is 1. The summed E-state index contributed by atoms with van der Waals surface area (Å²) in [5, 5.41) is 2.70. The largest absolute Gasteiger partial charge is 0.497 e. The fraction of sp³-hybridized carbons (Fsp3) is 0.318. The minimum Gasteiger partial charge on any atom is -0.497 e. The quantitative estimate of drug-likeness (QED) is 0.523. The Balaban J connectivity index is 2.17. The Kier molecular flexibility index (Phi) is 7.80. The lowest BCUT2D eigenvalue weighted by Gasteiger charge is -2.21. The standard InChI is InChI=1S/C22H25NO7/c1-13(2)19(23-20(24)14-6-9-16(27-3)10-7-14)22(26)30-17-11-8-15(21(25)29-5)12-18(17)28-4/h6-13,19H,1-5H3,(H,23,24). The van der Waals surface area contributed by atoms with Crippen LogP contribution < -0.4 is 19.5 Å². The molecule has 0 saturated carbocycles. The maximum absolute atomic E-state index is 12.8. The summed E-state index contributed by atoms with van der Waals surface area (Å²) in [7, 11) is 4.19. The topological polar surface area (TPSA) is 100 Å². The SMILES string of the molecule is COC(=O)c1ccc(OC(=O)C(NC(=O)c2ccc(OC)cc2)C(C)C)c(OC)c1. The normalized spacial score (nSPS) is 11.4. The van der Waals surface area contributed by atoms with Crippen molar-refractivity contribution in [2.75, 3.05) is 21.3 Å². The van der Waals surface area contributed by atoms with Gasteiger partial charge in [0.15, 0.2) is 11.5 Å². The molecule has 0 saturated heterocycles. The monoisotopic (exact) mass is 415 g/mol. The van der Waals surface area contributed by atoms with Gasteiger partial charge < -0.3 is 24.3 Å². The van der Waals surface area contributed by atoms with Crippen LogP contribution in [0.25, 0.3) is 0 Å². The smallest absolute Gasteiger partial charge is 0.337 e. The van der Waals surface area contributed by atoms with Crippen molar-refractivity contribution in [3.63, 3.8) is 0 Å². The Bertz CT molecular complexity index is 906. The molecule has 2 rings (SSSR count). The number of esters is 2. The van der Waals surface area contributed by atoms with E-state index in [1.54, 1.807) is 38.1 Å². The van der Waals surface area contributed by atoms with Gasteiger partial charge in [0.2, 0.25) is 0 Å². The first-order valence-electron chi connectivity index (χ1n) is 9.23. The van der Waals surface area contributed by atoms with Crippen molar-refractivity contribution >= 4 is 17.8 Å². The van der Waals surface area contributed by atoms with E-state index >= 15 is 0 Å². The van der Waals surface area contributed by atoms with Gasteiger partial charge in [-0.2, -0.15) is 0 Å². The van der Waals surface area contributed by atoms with Crippen molar-refractivity contribution in [3.05, 3.63) is 53.6 Å². The summed E-state index contributed by atoms with van der Waals surface area (Å²) >= 11 is 0. The minimum absolute atomic E-state index is 0.125. The molecular formula is C22H25NO7. The summed E-state index contributed by atoms with van der Waals surface area (Å²) in [6, 6.07) is 9.93. The van der Waals surface area contributed by atoms with E-state index in [0.29, 0.717) is 11.3 Å². The molecule has 160 valence electrons. The second kappa shape index (κ2) is 10.3. The van der Waals surface area contributed by atoms with Crippen molar-refractivity contribution in [1.29, 1.82) is 0 Å². The van der Waals surface area contributed by atoms with Crippen LogP contribution in [-0.4, -0.2) is 45.2 Å². The number of hydrogen-bond donors (Lipinski definition) is 1. The number of benzene rings is 2. The second-order valence-corrected chi connectivity index (χ2v) is 6.70. The molecule has 0 heterocycles. The molecule has 1 N–H and O–H groups in total. The molecule has 0 aliphatic carbocycles. The van der Waals surface area contributed by atoms with Gasteiger partial charge in [-0.25, -0.2) is 9.59 Å². The summed E-state index contributed by atoms with van der Waals surface area (Å²) in [5.41, 5.74) is 0.636. The highest BCUT2D eigenvalue weighted by molar-refractivity contribution is 5.97. The molecule has 0 radical (unpaired) electrons. The zero-order valence-corrected chi connectivity index (χ0v) is 17.6. The van der Waals surface area contributed by atoms with Crippen molar-refractivity contribution in [1.82, 2.24) is 5.32 Å². The molecule has 1 amide bonds. The summed E-state index contributed by atoms with van der Waals surface area (Å²) in [6.07, 6.45) is 0. The number of ether oxygens (including phenoxy) is 4. The fourth-order valence-corrected chi connectivity index (χ4v) is 2.63. The van der Waals surface area contributed by atoms with E-state index < -0.39 is 23.9 Å². The third-order valence-electron chi connectivity index (χ3n) is 4.35. The maximum atomic E-state index is 12.8. The Morgan fingerprint density at radius 1 is 0.833 bits per heavy atom. The lowest BCUT2D eigenvalue weighted by molar-refractivity contribution is -0.137. The van der Waals surface area contributed by atoms with Crippen LogP contribution in [0.4, 0.5) is 0 Å². The molecule has 8 nitrogen and oxygen atoms in total. The lowest BCUT2D eigenvalue weighted by atomic mass is 10.0. The molecule has 0 aliphatic heterocycles. The number of rotatable bonds is 8. The van der Waals surface area contributed by atoms with E-state index in [4.69, 9.17) is 14.2 Å². The number of hydrogen-bond acceptors (Lipinski definition) is 7. The zero-order chi connectivity index (χ0) is 22.3. The van der Waals surface area contributed by atoms with Gasteiger partial charge in [0.05, 0.1) is 26.9 Å². The lowest BCUT2D eigenvalue weighted by Crippen LogP contribution is -2.46. The van der Waals surface area contributed by atoms with Crippen LogP contribution in [0.2, 0.25) is 0 Å². The Morgan fingerprint density at radius 3 is 2.00 bits per heavy atom. The Hall–Kier alpha value is -3.55. The average Bonchev–Trinajstić information content (AvgIpc) is 2.76. The van der Waals surface area contributed by atoms with E-state index in [9.17, 15) is 14.4 Å². The molecule has 0 spiro atoms. The Morgan fingerprint density at radius 2 is 1.47 bits per heavy atom. The van der Waals surface area contributed by atoms with E-state index in [-0.39, 0.29) is 23.0 Å². The average molecular weight is 415 g/mol. The van der Waals surface area contributed by atoms with E-state index in [0.717, 1.165) is 0 Å². The molecule has 0 aliphatic rings. The van der Waals surface area contributed by atoms with Crippen LogP contribution >= 0.6 is 0 Å². The van der Waals surface area contributed by atoms with Crippen molar-refractivity contribution in [2.24, 2.45) is 5.92 Å². The van der Waals surface area contributed by atoms with Gasteiger partial charge in [-0.15, -0.1) is 0 Å². The van der Waals surface area contributed by atoms with E-state index in [1.165, 1.54) is 39.5 Å². The van der Waals surface area contributed by atoms with Gasteiger partial charge >= 0.3 is 11.9 Å². The first-order valence-corrected chi connectivity index (χ1v) is 9.23. The van der Waals surface area contributed by atoms with Gasteiger partial charge in [0.25, 0.3) is 5.91 Å². The van der Waals surface area contributed by atoms with Crippen molar-refractivity contribution < 1.29 is 33.3 Å². The number of nitrogens with one attached hydrogen (secondary N) is 1.